The molecule has 0 aliphatic carbocycles. The number of aromatic nitrogens is 5. The van der Waals surface area contributed by atoms with E-state index in [1.54, 1.807) is 30.2 Å². The van der Waals surface area contributed by atoms with Crippen LogP contribution in [0.5, 0.6) is 0 Å². The van der Waals surface area contributed by atoms with E-state index in [0.29, 0.717) is 23.0 Å². The monoisotopic (exact) mass is 463 g/mol. The summed E-state index contributed by atoms with van der Waals surface area (Å²) in [7, 11) is 1.88. The van der Waals surface area contributed by atoms with Crippen LogP contribution in [0.4, 0.5) is 0 Å². The largest absolute Gasteiger partial charge is 0.339 e. The fourth-order valence-electron chi connectivity index (χ4n) is 2.85. The number of nitrogens with zero attached hydrogens (tertiary/aromatic N) is 5. The maximum atomic E-state index is 12.3. The quantitative estimate of drug-likeness (QED) is 0.301. The van der Waals surface area contributed by atoms with E-state index in [4.69, 9.17) is 4.52 Å². The molecule has 33 heavy (non-hydrogen) atoms. The molecule has 0 fully saturated rings. The lowest BCUT2D eigenvalue weighted by molar-refractivity contribution is -0.121. The Hall–Kier alpha value is -3.99. The van der Waals surface area contributed by atoms with E-state index in [1.165, 1.54) is 0 Å². The highest BCUT2D eigenvalue weighted by Crippen LogP contribution is 2.20. The van der Waals surface area contributed by atoms with Gasteiger partial charge in [-0.15, -0.1) is 10.2 Å². The predicted octanol–water partition coefficient (Wildman–Crippen LogP) is 2.55. The SMILES string of the molecule is Cn1cnnc1SCc1ccc(C(=O)NNC(=O)CCc2nc(-c3ccccc3)no2)cc1. The van der Waals surface area contributed by atoms with Gasteiger partial charge in [-0.05, 0) is 17.7 Å². The second kappa shape index (κ2) is 10.6. The lowest BCUT2D eigenvalue weighted by Gasteiger charge is -2.07. The van der Waals surface area contributed by atoms with Crippen molar-refractivity contribution in [2.24, 2.45) is 7.05 Å². The third kappa shape index (κ3) is 6.04. The van der Waals surface area contributed by atoms with Gasteiger partial charge in [-0.25, -0.2) is 0 Å². The minimum absolute atomic E-state index is 0.0922. The van der Waals surface area contributed by atoms with Crippen LogP contribution in [0.15, 0.2) is 70.6 Å². The number of thioether (sulfide) groups is 1. The van der Waals surface area contributed by atoms with E-state index in [2.05, 4.69) is 31.2 Å². The van der Waals surface area contributed by atoms with Gasteiger partial charge < -0.3 is 9.09 Å². The maximum absolute atomic E-state index is 12.3. The Bertz CT molecular complexity index is 1220. The van der Waals surface area contributed by atoms with Gasteiger partial charge in [0.15, 0.2) is 5.16 Å². The van der Waals surface area contributed by atoms with Crippen molar-refractivity contribution in [1.82, 2.24) is 35.8 Å². The van der Waals surface area contributed by atoms with Gasteiger partial charge in [-0.2, -0.15) is 4.98 Å². The van der Waals surface area contributed by atoms with Gasteiger partial charge in [0.1, 0.15) is 6.33 Å². The first-order chi connectivity index (χ1) is 16.1. The van der Waals surface area contributed by atoms with Gasteiger partial charge in [0, 0.05) is 36.8 Å². The Kier molecular flexibility index (Phi) is 7.10. The molecule has 0 unspecified atom stereocenters. The van der Waals surface area contributed by atoms with Crippen LogP contribution in [-0.4, -0.2) is 36.7 Å². The number of hydrazine groups is 1. The molecule has 11 heteroatoms. The third-order valence-electron chi connectivity index (χ3n) is 4.64. The van der Waals surface area contributed by atoms with E-state index in [-0.39, 0.29) is 18.7 Å². The second-order valence-electron chi connectivity index (χ2n) is 7.09. The lowest BCUT2D eigenvalue weighted by Crippen LogP contribution is -2.41. The number of aryl methyl sites for hydroxylation is 2. The Labute approximate surface area is 193 Å². The molecule has 4 aromatic rings. The molecule has 2 amide bonds. The molecule has 4 rings (SSSR count). The highest BCUT2D eigenvalue weighted by Gasteiger charge is 2.12. The van der Waals surface area contributed by atoms with Gasteiger partial charge in [0.2, 0.25) is 17.6 Å². The number of carbonyl (C=O) groups is 2. The topological polar surface area (TPSA) is 128 Å². The summed E-state index contributed by atoms with van der Waals surface area (Å²) in [4.78, 5) is 28.7. The van der Waals surface area contributed by atoms with Crippen LogP contribution in [0, 0.1) is 0 Å². The number of benzene rings is 2. The number of hydrogen-bond donors (Lipinski definition) is 2. The summed E-state index contributed by atoms with van der Waals surface area (Å²) >= 11 is 1.55. The van der Waals surface area contributed by atoms with Gasteiger partial charge in [0.25, 0.3) is 5.91 Å². The van der Waals surface area contributed by atoms with Crippen molar-refractivity contribution >= 4 is 23.6 Å². The number of hydrogen-bond acceptors (Lipinski definition) is 8. The van der Waals surface area contributed by atoms with E-state index < -0.39 is 5.91 Å². The molecule has 0 radical (unpaired) electrons. The molecule has 0 atom stereocenters. The van der Waals surface area contributed by atoms with Crippen LogP contribution in [0.1, 0.15) is 28.2 Å². The van der Waals surface area contributed by atoms with E-state index in [1.807, 2.05) is 54.1 Å². The molecule has 0 aliphatic heterocycles. The van der Waals surface area contributed by atoms with Gasteiger partial charge >= 0.3 is 0 Å². The molecule has 168 valence electrons. The van der Waals surface area contributed by atoms with Crippen molar-refractivity contribution in [3.63, 3.8) is 0 Å². The first-order valence-corrected chi connectivity index (χ1v) is 11.1. The summed E-state index contributed by atoms with van der Waals surface area (Å²) in [5.74, 6) is 0.759. The standard InChI is InChI=1S/C22H21N7O3S/c1-29-14-23-27-22(29)33-13-15-7-9-17(10-8-15)21(31)26-25-18(30)11-12-19-24-20(28-32-19)16-5-3-2-4-6-16/h2-10,14H,11-13H2,1H3,(H,25,30)(H,26,31). The smallest absolute Gasteiger partial charge is 0.269 e. The summed E-state index contributed by atoms with van der Waals surface area (Å²) in [6.45, 7) is 0. The second-order valence-corrected chi connectivity index (χ2v) is 8.03. The number of amides is 2. The fourth-order valence-corrected chi connectivity index (χ4v) is 3.69. The predicted molar refractivity (Wildman–Crippen MR) is 121 cm³/mol. The number of nitrogens with one attached hydrogen (secondary N) is 2. The molecule has 2 N–H and O–H groups in total. The first-order valence-electron chi connectivity index (χ1n) is 10.1. The Morgan fingerprint density at radius 2 is 1.85 bits per heavy atom. The maximum Gasteiger partial charge on any atom is 0.269 e. The molecule has 0 bridgehead atoms. The Balaban J connectivity index is 1.20. The van der Waals surface area contributed by atoms with Gasteiger partial charge in [-0.1, -0.05) is 59.4 Å². The van der Waals surface area contributed by atoms with Crippen molar-refractivity contribution in [2.75, 3.05) is 0 Å². The Morgan fingerprint density at radius 3 is 2.58 bits per heavy atom. The zero-order valence-corrected chi connectivity index (χ0v) is 18.6. The van der Waals surface area contributed by atoms with Crippen LogP contribution >= 0.6 is 11.8 Å². The van der Waals surface area contributed by atoms with Gasteiger partial charge in [-0.3, -0.25) is 20.4 Å². The number of rotatable bonds is 8. The molecule has 2 aromatic heterocycles. The van der Waals surface area contributed by atoms with Crippen molar-refractivity contribution in [3.8, 4) is 11.4 Å². The molecule has 0 saturated carbocycles. The van der Waals surface area contributed by atoms with Crippen LogP contribution in [-0.2, 0) is 24.0 Å². The van der Waals surface area contributed by atoms with Crippen molar-refractivity contribution < 1.29 is 14.1 Å². The van der Waals surface area contributed by atoms with Crippen LogP contribution in [0.2, 0.25) is 0 Å². The van der Waals surface area contributed by atoms with Crippen molar-refractivity contribution in [1.29, 1.82) is 0 Å². The van der Waals surface area contributed by atoms with E-state index >= 15 is 0 Å². The van der Waals surface area contributed by atoms with E-state index in [9.17, 15) is 9.59 Å². The minimum atomic E-state index is -0.403. The zero-order valence-electron chi connectivity index (χ0n) is 17.8. The molecular weight excluding hydrogens is 442 g/mol. The molecule has 0 aliphatic rings. The van der Waals surface area contributed by atoms with Crippen LogP contribution in [0.25, 0.3) is 11.4 Å². The molecule has 0 spiro atoms. The molecule has 0 saturated heterocycles. The van der Waals surface area contributed by atoms with E-state index in [0.717, 1.165) is 16.3 Å². The van der Waals surface area contributed by atoms with Crippen LogP contribution in [0.3, 0.4) is 0 Å². The molecule has 2 heterocycles. The summed E-state index contributed by atoms with van der Waals surface area (Å²) in [5.41, 5.74) is 7.13. The summed E-state index contributed by atoms with van der Waals surface area (Å²) in [6, 6.07) is 16.6. The highest BCUT2D eigenvalue weighted by molar-refractivity contribution is 7.98. The van der Waals surface area contributed by atoms with Crippen molar-refractivity contribution in [3.05, 3.63) is 77.9 Å². The average Bonchev–Trinajstić information content (AvgIpc) is 3.49. The average molecular weight is 464 g/mol. The third-order valence-corrected chi connectivity index (χ3v) is 5.74. The summed E-state index contributed by atoms with van der Waals surface area (Å²) in [5, 5.41) is 12.6. The van der Waals surface area contributed by atoms with Crippen LogP contribution < -0.4 is 10.9 Å². The normalized spacial score (nSPS) is 10.7. The van der Waals surface area contributed by atoms with Gasteiger partial charge in [0.05, 0.1) is 0 Å². The first kappa shape index (κ1) is 22.2. The summed E-state index contributed by atoms with van der Waals surface area (Å²) < 4.78 is 7.03. The molecule has 2 aromatic carbocycles. The minimum Gasteiger partial charge on any atom is -0.339 e. The molecule has 10 nitrogen and oxygen atoms in total. The zero-order chi connectivity index (χ0) is 23.0. The fraction of sp³-hybridized carbons (Fsp3) is 0.182. The summed E-state index contributed by atoms with van der Waals surface area (Å²) in [6.07, 6.45) is 2.00. The molecular formula is C22H21N7O3S. The van der Waals surface area contributed by atoms with Crippen molar-refractivity contribution in [2.45, 2.75) is 23.8 Å². The Morgan fingerprint density at radius 1 is 1.06 bits per heavy atom. The highest BCUT2D eigenvalue weighted by atomic mass is 32.2. The number of carbonyl (C=O) groups excluding carboxylic acids is 2. The lowest BCUT2D eigenvalue weighted by atomic mass is 10.1.